The second kappa shape index (κ2) is 8.77. The van der Waals surface area contributed by atoms with Crippen molar-refractivity contribution >= 4 is 17.9 Å². The molecule has 2 aromatic rings. The third-order valence-electron chi connectivity index (χ3n) is 3.35. The fourth-order valence-corrected chi connectivity index (χ4v) is 2.18. The van der Waals surface area contributed by atoms with Gasteiger partial charge in [-0.3, -0.25) is 9.59 Å². The first kappa shape index (κ1) is 18.4. The number of nitrogens with zero attached hydrogens (tertiary/aromatic N) is 4. The highest BCUT2D eigenvalue weighted by molar-refractivity contribution is 5.93. The number of benzene rings is 1. The van der Waals surface area contributed by atoms with Gasteiger partial charge < -0.3 is 10.2 Å². The molecule has 0 aliphatic carbocycles. The Bertz CT molecular complexity index is 737. The summed E-state index contributed by atoms with van der Waals surface area (Å²) in [6.07, 6.45) is 4.75. The third-order valence-corrected chi connectivity index (χ3v) is 3.35. The summed E-state index contributed by atoms with van der Waals surface area (Å²) >= 11 is 0. The Balaban J connectivity index is 1.88. The van der Waals surface area contributed by atoms with Crippen LogP contribution in [-0.4, -0.2) is 51.3 Å². The molecule has 7 nitrogen and oxygen atoms in total. The van der Waals surface area contributed by atoms with Crippen LogP contribution in [0.15, 0.2) is 42.6 Å². The molecule has 2 amide bonds. The summed E-state index contributed by atoms with van der Waals surface area (Å²) < 4.78 is 1.71. The summed E-state index contributed by atoms with van der Waals surface area (Å²) in [5.41, 5.74) is 1.71. The Morgan fingerprint density at radius 2 is 2.00 bits per heavy atom. The summed E-state index contributed by atoms with van der Waals surface area (Å²) in [7, 11) is 1.58. The first-order chi connectivity index (χ1) is 11.9. The normalized spacial score (nSPS) is 11.0. The number of likely N-dealkylation sites (N-methyl/N-ethyl adjacent to an activating group) is 1. The van der Waals surface area contributed by atoms with Gasteiger partial charge in [0.2, 0.25) is 11.8 Å². The zero-order valence-corrected chi connectivity index (χ0v) is 14.7. The monoisotopic (exact) mass is 341 g/mol. The molecule has 0 saturated carbocycles. The Kier molecular flexibility index (Phi) is 6.45. The maximum atomic E-state index is 12.0. The Hall–Kier alpha value is -2.96. The van der Waals surface area contributed by atoms with Crippen LogP contribution >= 0.6 is 0 Å². The van der Waals surface area contributed by atoms with Crippen LogP contribution in [0.25, 0.3) is 6.08 Å². The van der Waals surface area contributed by atoms with Crippen molar-refractivity contribution in [2.24, 2.45) is 0 Å². The number of carbonyl (C=O) groups is 2. The average molecular weight is 341 g/mol. The standard InChI is InChI=1S/C18H23N5O2/c1-14(2)19-17(24)13-22(3)18(25)10-9-16-12-23(21-20-16)11-15-7-5-4-6-8-15/h4-10,12,14H,11,13H2,1-3H3,(H,19,24)/b10-9+. The van der Waals surface area contributed by atoms with Crippen LogP contribution in [0.1, 0.15) is 25.1 Å². The SMILES string of the molecule is CC(C)NC(=O)CN(C)C(=O)/C=C/c1cn(Cc2ccccc2)nn1. The van der Waals surface area contributed by atoms with Gasteiger partial charge in [-0.05, 0) is 25.5 Å². The smallest absolute Gasteiger partial charge is 0.246 e. The zero-order chi connectivity index (χ0) is 18.2. The maximum Gasteiger partial charge on any atom is 0.246 e. The second-order valence-electron chi connectivity index (χ2n) is 6.08. The van der Waals surface area contributed by atoms with Gasteiger partial charge in [0, 0.05) is 19.2 Å². The van der Waals surface area contributed by atoms with E-state index in [-0.39, 0.29) is 24.4 Å². The number of hydrogen-bond acceptors (Lipinski definition) is 4. The highest BCUT2D eigenvalue weighted by Crippen LogP contribution is 2.03. The van der Waals surface area contributed by atoms with E-state index in [4.69, 9.17) is 0 Å². The summed E-state index contributed by atoms with van der Waals surface area (Å²) in [5, 5.41) is 10.8. The Morgan fingerprint density at radius 3 is 2.68 bits per heavy atom. The minimum atomic E-state index is -0.267. The molecule has 1 aromatic heterocycles. The molecule has 0 spiro atoms. The number of carbonyl (C=O) groups excluding carboxylic acids is 2. The highest BCUT2D eigenvalue weighted by atomic mass is 16.2. The van der Waals surface area contributed by atoms with Gasteiger partial charge in [0.15, 0.2) is 0 Å². The van der Waals surface area contributed by atoms with Crippen LogP contribution < -0.4 is 5.32 Å². The number of hydrogen-bond donors (Lipinski definition) is 1. The molecule has 0 fully saturated rings. The predicted octanol–water partition coefficient (Wildman–Crippen LogP) is 1.32. The number of rotatable bonds is 7. The molecule has 7 heteroatoms. The Morgan fingerprint density at radius 1 is 1.28 bits per heavy atom. The lowest BCUT2D eigenvalue weighted by Gasteiger charge is -2.16. The predicted molar refractivity (Wildman–Crippen MR) is 95.5 cm³/mol. The van der Waals surface area contributed by atoms with Crippen molar-refractivity contribution in [1.82, 2.24) is 25.2 Å². The topological polar surface area (TPSA) is 80.1 Å². The van der Waals surface area contributed by atoms with Crippen molar-refractivity contribution in [3.8, 4) is 0 Å². The first-order valence-corrected chi connectivity index (χ1v) is 8.10. The van der Waals surface area contributed by atoms with E-state index in [0.29, 0.717) is 12.2 Å². The van der Waals surface area contributed by atoms with E-state index < -0.39 is 0 Å². The van der Waals surface area contributed by atoms with Gasteiger partial charge in [-0.1, -0.05) is 35.5 Å². The number of nitrogens with one attached hydrogen (secondary N) is 1. The zero-order valence-electron chi connectivity index (χ0n) is 14.7. The molecular formula is C18H23N5O2. The summed E-state index contributed by atoms with van der Waals surface area (Å²) in [5.74, 6) is -0.454. The van der Waals surface area contributed by atoms with E-state index in [2.05, 4.69) is 15.6 Å². The van der Waals surface area contributed by atoms with Crippen molar-refractivity contribution in [1.29, 1.82) is 0 Å². The fourth-order valence-electron chi connectivity index (χ4n) is 2.18. The summed E-state index contributed by atoms with van der Waals surface area (Å²) in [6.45, 7) is 4.38. The minimum absolute atomic E-state index is 0.0159. The van der Waals surface area contributed by atoms with Gasteiger partial charge in [-0.15, -0.1) is 5.10 Å². The van der Waals surface area contributed by atoms with Crippen LogP contribution in [0.4, 0.5) is 0 Å². The molecule has 0 atom stereocenters. The van der Waals surface area contributed by atoms with Gasteiger partial charge in [0.05, 0.1) is 19.3 Å². The maximum absolute atomic E-state index is 12.0. The third kappa shape index (κ3) is 6.21. The van der Waals surface area contributed by atoms with Crippen molar-refractivity contribution in [3.05, 3.63) is 53.9 Å². The largest absolute Gasteiger partial charge is 0.352 e. The first-order valence-electron chi connectivity index (χ1n) is 8.10. The minimum Gasteiger partial charge on any atom is -0.352 e. The molecule has 1 aromatic carbocycles. The van der Waals surface area contributed by atoms with Crippen LogP contribution in [0, 0.1) is 0 Å². The molecular weight excluding hydrogens is 318 g/mol. The lowest BCUT2D eigenvalue weighted by molar-refractivity contribution is -0.131. The van der Waals surface area contributed by atoms with Crippen molar-refractivity contribution in [2.45, 2.75) is 26.4 Å². The number of aromatic nitrogens is 3. The molecule has 0 saturated heterocycles. The van der Waals surface area contributed by atoms with Gasteiger partial charge in [0.25, 0.3) is 0 Å². The van der Waals surface area contributed by atoms with Crippen molar-refractivity contribution < 1.29 is 9.59 Å². The molecule has 132 valence electrons. The lowest BCUT2D eigenvalue weighted by atomic mass is 10.2. The molecule has 1 N–H and O–H groups in total. The molecule has 25 heavy (non-hydrogen) atoms. The molecule has 0 bridgehead atoms. The molecule has 0 radical (unpaired) electrons. The second-order valence-corrected chi connectivity index (χ2v) is 6.08. The summed E-state index contributed by atoms with van der Waals surface area (Å²) in [4.78, 5) is 25.1. The molecule has 2 rings (SSSR count). The quantitative estimate of drug-likeness (QED) is 0.770. The van der Waals surface area contributed by atoms with Gasteiger partial charge >= 0.3 is 0 Å². The van der Waals surface area contributed by atoms with Crippen LogP contribution in [0.5, 0.6) is 0 Å². The molecule has 0 aliphatic heterocycles. The van der Waals surface area contributed by atoms with Gasteiger partial charge in [-0.2, -0.15) is 0 Å². The van der Waals surface area contributed by atoms with E-state index in [1.54, 1.807) is 24.0 Å². The van der Waals surface area contributed by atoms with Crippen LogP contribution in [0.3, 0.4) is 0 Å². The summed E-state index contributed by atoms with van der Waals surface area (Å²) in [6, 6.07) is 9.97. The molecule has 0 unspecified atom stereocenters. The van der Waals surface area contributed by atoms with E-state index in [1.165, 1.54) is 11.0 Å². The molecule has 1 heterocycles. The Labute approximate surface area is 147 Å². The lowest BCUT2D eigenvalue weighted by Crippen LogP contribution is -2.40. The van der Waals surface area contributed by atoms with Gasteiger partial charge in [0.1, 0.15) is 5.69 Å². The molecule has 0 aliphatic rings. The van der Waals surface area contributed by atoms with Gasteiger partial charge in [-0.25, -0.2) is 4.68 Å². The van der Waals surface area contributed by atoms with E-state index >= 15 is 0 Å². The van der Waals surface area contributed by atoms with Crippen LogP contribution in [0.2, 0.25) is 0 Å². The van der Waals surface area contributed by atoms with E-state index in [1.807, 2.05) is 44.2 Å². The number of amides is 2. The average Bonchev–Trinajstić information content (AvgIpc) is 3.00. The van der Waals surface area contributed by atoms with Crippen molar-refractivity contribution in [3.63, 3.8) is 0 Å². The fraction of sp³-hybridized carbons (Fsp3) is 0.333. The van der Waals surface area contributed by atoms with E-state index in [0.717, 1.165) is 5.56 Å². The highest BCUT2D eigenvalue weighted by Gasteiger charge is 2.11. The van der Waals surface area contributed by atoms with E-state index in [9.17, 15) is 9.59 Å². The van der Waals surface area contributed by atoms with Crippen LogP contribution in [-0.2, 0) is 16.1 Å². The van der Waals surface area contributed by atoms with Crippen molar-refractivity contribution in [2.75, 3.05) is 13.6 Å².